The summed E-state index contributed by atoms with van der Waals surface area (Å²) in [4.78, 5) is 8.26. The minimum atomic E-state index is 0.496. The lowest BCUT2D eigenvalue weighted by Crippen LogP contribution is -1.97. The molecular weight excluding hydrogens is 242 g/mol. The highest BCUT2D eigenvalue weighted by molar-refractivity contribution is 5.57. The van der Waals surface area contributed by atoms with Gasteiger partial charge in [0.2, 0.25) is 5.88 Å². The number of ether oxygens (including phenoxy) is 2. The van der Waals surface area contributed by atoms with Gasteiger partial charge < -0.3 is 15.2 Å². The fraction of sp³-hybridized carbons (Fsp3) is 0.286. The quantitative estimate of drug-likeness (QED) is 0.836. The Morgan fingerprint density at radius 1 is 1.21 bits per heavy atom. The minimum Gasteiger partial charge on any atom is -0.497 e. The van der Waals surface area contributed by atoms with Gasteiger partial charge >= 0.3 is 0 Å². The van der Waals surface area contributed by atoms with Gasteiger partial charge in [-0.3, -0.25) is 0 Å². The van der Waals surface area contributed by atoms with Crippen LogP contribution in [0.5, 0.6) is 17.4 Å². The molecule has 0 spiro atoms. The highest BCUT2D eigenvalue weighted by Crippen LogP contribution is 2.29. The van der Waals surface area contributed by atoms with Gasteiger partial charge in [0.15, 0.2) is 5.75 Å². The van der Waals surface area contributed by atoms with Gasteiger partial charge in [0, 0.05) is 17.8 Å². The van der Waals surface area contributed by atoms with Crippen LogP contribution < -0.4 is 15.2 Å². The molecule has 0 fully saturated rings. The first-order chi connectivity index (χ1) is 9.22. The first-order valence-corrected chi connectivity index (χ1v) is 6.15. The molecule has 1 aromatic heterocycles. The van der Waals surface area contributed by atoms with Crippen LogP contribution in [-0.2, 0) is 6.42 Å². The van der Waals surface area contributed by atoms with Gasteiger partial charge in [-0.2, -0.15) is 0 Å². The van der Waals surface area contributed by atoms with Crippen molar-refractivity contribution in [3.8, 4) is 17.4 Å². The van der Waals surface area contributed by atoms with Crippen molar-refractivity contribution in [1.82, 2.24) is 9.97 Å². The Bertz CT molecular complexity index is 558. The Hall–Kier alpha value is -2.30. The van der Waals surface area contributed by atoms with Crippen LogP contribution in [0.4, 0.5) is 5.69 Å². The molecule has 100 valence electrons. The lowest BCUT2D eigenvalue weighted by Gasteiger charge is -2.09. The van der Waals surface area contributed by atoms with E-state index in [9.17, 15) is 0 Å². The van der Waals surface area contributed by atoms with Gasteiger partial charge in [0.1, 0.15) is 12.1 Å². The van der Waals surface area contributed by atoms with E-state index in [2.05, 4.69) is 16.9 Å². The molecular formula is C14H17N3O2. The summed E-state index contributed by atoms with van der Waals surface area (Å²) in [6, 6.07) is 7.09. The molecule has 5 nitrogen and oxygen atoms in total. The van der Waals surface area contributed by atoms with E-state index in [0.29, 0.717) is 23.1 Å². The number of methoxy groups -OCH3 is 1. The molecule has 5 heteroatoms. The maximum Gasteiger partial charge on any atom is 0.222 e. The molecule has 0 aliphatic heterocycles. The molecule has 1 heterocycles. The first-order valence-electron chi connectivity index (χ1n) is 6.15. The molecule has 0 aliphatic carbocycles. The topological polar surface area (TPSA) is 70.3 Å². The van der Waals surface area contributed by atoms with Crippen molar-refractivity contribution in [3.05, 3.63) is 36.3 Å². The summed E-state index contributed by atoms with van der Waals surface area (Å²) in [5.74, 6) is 1.75. The molecule has 0 aliphatic rings. The van der Waals surface area contributed by atoms with E-state index in [1.807, 2.05) is 6.07 Å². The highest BCUT2D eigenvalue weighted by atomic mass is 16.5. The lowest BCUT2D eigenvalue weighted by molar-refractivity contribution is 0.412. The van der Waals surface area contributed by atoms with Crippen LogP contribution in [0.15, 0.2) is 30.6 Å². The maximum absolute atomic E-state index is 5.89. The van der Waals surface area contributed by atoms with Crippen molar-refractivity contribution < 1.29 is 9.47 Å². The number of nitrogens with two attached hydrogens (primary N) is 1. The summed E-state index contributed by atoms with van der Waals surface area (Å²) in [5.41, 5.74) is 7.36. The number of hydrogen-bond acceptors (Lipinski definition) is 5. The largest absolute Gasteiger partial charge is 0.497 e. The van der Waals surface area contributed by atoms with E-state index in [1.54, 1.807) is 25.3 Å². The zero-order valence-corrected chi connectivity index (χ0v) is 11.1. The van der Waals surface area contributed by atoms with Gasteiger partial charge in [-0.1, -0.05) is 13.3 Å². The van der Waals surface area contributed by atoms with Crippen molar-refractivity contribution in [3.63, 3.8) is 0 Å². The average molecular weight is 259 g/mol. The Kier molecular flexibility index (Phi) is 4.18. The fourth-order valence-electron chi connectivity index (χ4n) is 1.68. The third-order valence-corrected chi connectivity index (χ3v) is 2.64. The third-order valence-electron chi connectivity index (χ3n) is 2.64. The number of hydrogen-bond donors (Lipinski definition) is 1. The summed E-state index contributed by atoms with van der Waals surface area (Å²) in [5, 5.41) is 0. The van der Waals surface area contributed by atoms with Crippen molar-refractivity contribution in [2.24, 2.45) is 0 Å². The zero-order chi connectivity index (χ0) is 13.7. The maximum atomic E-state index is 5.89. The molecule has 2 aromatic rings. The second kappa shape index (κ2) is 6.04. The molecule has 0 bridgehead atoms. The van der Waals surface area contributed by atoms with Crippen molar-refractivity contribution in [2.45, 2.75) is 19.8 Å². The molecule has 0 saturated carbocycles. The Balaban J connectivity index is 2.18. The average Bonchev–Trinajstić information content (AvgIpc) is 2.42. The Labute approximate surface area is 112 Å². The molecule has 0 unspecified atom stereocenters. The lowest BCUT2D eigenvalue weighted by atomic mass is 10.2. The van der Waals surface area contributed by atoms with Gasteiger partial charge in [0.25, 0.3) is 0 Å². The number of nitrogens with zero attached hydrogens (tertiary/aromatic N) is 2. The second-order valence-electron chi connectivity index (χ2n) is 4.10. The van der Waals surface area contributed by atoms with Crippen LogP contribution in [-0.4, -0.2) is 17.1 Å². The molecule has 19 heavy (non-hydrogen) atoms. The number of benzene rings is 1. The van der Waals surface area contributed by atoms with Crippen LogP contribution in [0, 0.1) is 0 Å². The molecule has 0 radical (unpaired) electrons. The normalized spacial score (nSPS) is 10.2. The van der Waals surface area contributed by atoms with E-state index in [-0.39, 0.29) is 0 Å². The fourth-order valence-corrected chi connectivity index (χ4v) is 1.68. The summed E-state index contributed by atoms with van der Waals surface area (Å²) >= 11 is 0. The molecule has 0 saturated heterocycles. The number of anilines is 1. The van der Waals surface area contributed by atoms with Crippen molar-refractivity contribution in [2.75, 3.05) is 12.8 Å². The van der Waals surface area contributed by atoms with Crippen molar-refractivity contribution >= 4 is 5.69 Å². The standard InChI is InChI=1S/C14H17N3O2/c1-3-4-10-7-14(17-9-16-10)19-13-6-5-11(18-2)8-12(13)15/h5-9H,3-4,15H2,1-2H3. The molecule has 1 aromatic carbocycles. The molecule has 0 amide bonds. The van der Waals surface area contributed by atoms with E-state index in [0.717, 1.165) is 18.5 Å². The smallest absolute Gasteiger partial charge is 0.222 e. The van der Waals surface area contributed by atoms with Crippen LogP contribution in [0.25, 0.3) is 0 Å². The SMILES string of the molecule is CCCc1cc(Oc2ccc(OC)cc2N)ncn1. The summed E-state index contributed by atoms with van der Waals surface area (Å²) in [7, 11) is 1.59. The summed E-state index contributed by atoms with van der Waals surface area (Å²) in [6.07, 6.45) is 3.43. The van der Waals surface area contributed by atoms with Gasteiger partial charge in [-0.05, 0) is 18.6 Å². The van der Waals surface area contributed by atoms with Gasteiger partial charge in [-0.25, -0.2) is 9.97 Å². The molecule has 0 atom stereocenters. The highest BCUT2D eigenvalue weighted by Gasteiger charge is 2.06. The minimum absolute atomic E-state index is 0.496. The summed E-state index contributed by atoms with van der Waals surface area (Å²) in [6.45, 7) is 2.10. The van der Waals surface area contributed by atoms with Crippen LogP contribution in [0.3, 0.4) is 0 Å². The van der Waals surface area contributed by atoms with E-state index < -0.39 is 0 Å². The molecule has 2 rings (SSSR count). The van der Waals surface area contributed by atoms with Gasteiger partial charge in [-0.15, -0.1) is 0 Å². The van der Waals surface area contributed by atoms with E-state index in [4.69, 9.17) is 15.2 Å². The summed E-state index contributed by atoms with van der Waals surface area (Å²) < 4.78 is 10.8. The Morgan fingerprint density at radius 3 is 2.74 bits per heavy atom. The van der Waals surface area contributed by atoms with Crippen LogP contribution in [0.1, 0.15) is 19.0 Å². The number of aryl methyl sites for hydroxylation is 1. The van der Waals surface area contributed by atoms with E-state index >= 15 is 0 Å². The predicted octanol–water partition coefficient (Wildman–Crippen LogP) is 2.81. The zero-order valence-electron chi connectivity index (χ0n) is 11.1. The van der Waals surface area contributed by atoms with Gasteiger partial charge in [0.05, 0.1) is 12.8 Å². The number of rotatable bonds is 5. The van der Waals surface area contributed by atoms with Crippen LogP contribution in [0.2, 0.25) is 0 Å². The number of nitrogen functional groups attached to an aromatic ring is 1. The van der Waals surface area contributed by atoms with Crippen molar-refractivity contribution in [1.29, 1.82) is 0 Å². The number of aromatic nitrogens is 2. The first kappa shape index (κ1) is 13.1. The molecule has 2 N–H and O–H groups in total. The Morgan fingerprint density at radius 2 is 2.05 bits per heavy atom. The third kappa shape index (κ3) is 3.34. The van der Waals surface area contributed by atoms with Crippen LogP contribution >= 0.6 is 0 Å². The second-order valence-corrected chi connectivity index (χ2v) is 4.10. The predicted molar refractivity (Wildman–Crippen MR) is 73.5 cm³/mol. The van der Waals surface area contributed by atoms with E-state index in [1.165, 1.54) is 6.33 Å². The monoisotopic (exact) mass is 259 g/mol.